The van der Waals surface area contributed by atoms with Gasteiger partial charge in [0.15, 0.2) is 0 Å². The Balaban J connectivity index is 1.32. The van der Waals surface area contributed by atoms with Crippen molar-refractivity contribution < 1.29 is 22.8 Å². The van der Waals surface area contributed by atoms with Crippen molar-refractivity contribution in [2.24, 2.45) is 11.8 Å². The van der Waals surface area contributed by atoms with E-state index in [1.165, 1.54) is 29.2 Å². The number of benzene rings is 2. The van der Waals surface area contributed by atoms with Crippen LogP contribution in [0.1, 0.15) is 32.1 Å². The maximum Gasteiger partial charge on any atom is 0.261 e. The molecule has 2 atom stereocenters. The van der Waals surface area contributed by atoms with Crippen LogP contribution in [0, 0.1) is 11.8 Å². The number of imide groups is 1. The van der Waals surface area contributed by atoms with Gasteiger partial charge in [-0.05, 0) is 49.2 Å². The molecule has 1 aliphatic heterocycles. The number of para-hydroxylation sites is 1. The summed E-state index contributed by atoms with van der Waals surface area (Å²) in [7, 11) is -3.75. The number of fused-ring (bicyclic) bond motifs is 1. The molecule has 0 bridgehead atoms. The second kappa shape index (κ2) is 9.12. The number of amides is 3. The first-order chi connectivity index (χ1) is 15.3. The van der Waals surface area contributed by atoms with Gasteiger partial charge in [0.25, 0.3) is 10.0 Å². The van der Waals surface area contributed by atoms with E-state index in [0.29, 0.717) is 11.4 Å². The summed E-state index contributed by atoms with van der Waals surface area (Å²) >= 11 is 0. The van der Waals surface area contributed by atoms with Gasteiger partial charge < -0.3 is 5.32 Å². The Morgan fingerprint density at radius 3 is 2.06 bits per heavy atom. The van der Waals surface area contributed by atoms with Crippen molar-refractivity contribution in [1.29, 1.82) is 0 Å². The Labute approximate surface area is 187 Å². The van der Waals surface area contributed by atoms with E-state index in [-0.39, 0.29) is 47.4 Å². The summed E-state index contributed by atoms with van der Waals surface area (Å²) in [4.78, 5) is 38.6. The zero-order valence-corrected chi connectivity index (χ0v) is 18.3. The average Bonchev–Trinajstić information content (AvgIpc) is 3.03. The Bertz CT molecular complexity index is 1090. The van der Waals surface area contributed by atoms with Crippen molar-refractivity contribution in [3.05, 3.63) is 54.6 Å². The van der Waals surface area contributed by atoms with E-state index in [9.17, 15) is 22.8 Å². The molecule has 8 nitrogen and oxygen atoms in total. The molecular weight excluding hydrogens is 430 g/mol. The first kappa shape index (κ1) is 22.0. The van der Waals surface area contributed by atoms with E-state index in [2.05, 4.69) is 10.0 Å². The molecule has 0 spiro atoms. The monoisotopic (exact) mass is 455 g/mol. The number of sulfonamides is 1. The fourth-order valence-electron chi connectivity index (χ4n) is 4.33. The molecule has 0 radical (unpaired) electrons. The van der Waals surface area contributed by atoms with Crippen molar-refractivity contribution in [3.8, 4) is 0 Å². The van der Waals surface area contributed by atoms with Crippen molar-refractivity contribution in [2.45, 2.75) is 37.0 Å². The second-order valence-corrected chi connectivity index (χ2v) is 9.80. The van der Waals surface area contributed by atoms with Gasteiger partial charge in [-0.25, -0.2) is 8.42 Å². The Morgan fingerprint density at radius 2 is 1.47 bits per heavy atom. The van der Waals surface area contributed by atoms with Gasteiger partial charge in [-0.3, -0.25) is 24.0 Å². The molecular formula is C23H25N3O5S. The minimum absolute atomic E-state index is 0.00741. The van der Waals surface area contributed by atoms with Gasteiger partial charge in [0.05, 0.1) is 16.7 Å². The predicted molar refractivity (Wildman–Crippen MR) is 119 cm³/mol. The van der Waals surface area contributed by atoms with Crippen molar-refractivity contribution in [2.75, 3.05) is 16.6 Å². The molecule has 168 valence electrons. The molecule has 2 unspecified atom stereocenters. The lowest BCUT2D eigenvalue weighted by atomic mass is 9.81. The average molecular weight is 456 g/mol. The van der Waals surface area contributed by atoms with Gasteiger partial charge in [0.2, 0.25) is 17.7 Å². The van der Waals surface area contributed by atoms with E-state index in [4.69, 9.17) is 0 Å². The lowest BCUT2D eigenvalue weighted by Crippen LogP contribution is -2.34. The summed E-state index contributed by atoms with van der Waals surface area (Å²) in [6, 6.07) is 14.3. The van der Waals surface area contributed by atoms with Gasteiger partial charge in [0, 0.05) is 24.3 Å². The lowest BCUT2D eigenvalue weighted by Gasteiger charge is -2.19. The number of carbonyl (C=O) groups excluding carboxylic acids is 3. The summed E-state index contributed by atoms with van der Waals surface area (Å²) in [5, 5.41) is 2.68. The van der Waals surface area contributed by atoms with Crippen LogP contribution in [-0.2, 0) is 24.4 Å². The van der Waals surface area contributed by atoms with Gasteiger partial charge >= 0.3 is 0 Å². The number of nitrogens with zero attached hydrogens (tertiary/aromatic N) is 1. The van der Waals surface area contributed by atoms with Gasteiger partial charge in [-0.1, -0.05) is 31.0 Å². The van der Waals surface area contributed by atoms with Crippen LogP contribution in [0.2, 0.25) is 0 Å². The third-order valence-electron chi connectivity index (χ3n) is 5.97. The first-order valence-electron chi connectivity index (χ1n) is 10.7. The van der Waals surface area contributed by atoms with E-state index in [1.807, 2.05) is 0 Å². The van der Waals surface area contributed by atoms with Crippen LogP contribution in [0.15, 0.2) is 59.5 Å². The smallest absolute Gasteiger partial charge is 0.261 e. The Hall–Kier alpha value is -3.20. The maximum absolute atomic E-state index is 12.5. The molecule has 4 rings (SSSR count). The standard InChI is InChI=1S/C23H25N3O5S/c27-21(14-15-26-22(28)19-8-4-5-9-20(19)23(26)29)24-16-10-12-18(13-11-16)32(30,31)25-17-6-2-1-3-7-17/h1-3,6-7,10-13,19-20,25H,4-5,8-9,14-15H2,(H,24,27). The maximum atomic E-state index is 12.5. The van der Waals surface area contributed by atoms with Crippen molar-refractivity contribution in [3.63, 3.8) is 0 Å². The summed E-state index contributed by atoms with van der Waals surface area (Å²) in [5.41, 5.74) is 0.886. The third kappa shape index (κ3) is 4.67. The summed E-state index contributed by atoms with van der Waals surface area (Å²) < 4.78 is 27.5. The molecule has 0 aromatic heterocycles. The molecule has 2 aliphatic rings. The summed E-state index contributed by atoms with van der Waals surface area (Å²) in [6.07, 6.45) is 3.40. The molecule has 1 heterocycles. The summed E-state index contributed by atoms with van der Waals surface area (Å²) in [6.45, 7) is 0.0595. The predicted octanol–water partition coefficient (Wildman–Crippen LogP) is 2.99. The zero-order valence-electron chi connectivity index (χ0n) is 17.5. The van der Waals surface area contributed by atoms with E-state index in [0.717, 1.165) is 25.7 Å². The highest BCUT2D eigenvalue weighted by atomic mass is 32.2. The van der Waals surface area contributed by atoms with Crippen LogP contribution in [0.25, 0.3) is 0 Å². The molecule has 2 N–H and O–H groups in total. The third-order valence-corrected chi connectivity index (χ3v) is 7.37. The number of carbonyl (C=O) groups is 3. The Kier molecular flexibility index (Phi) is 6.27. The molecule has 1 saturated carbocycles. The number of rotatable bonds is 7. The first-order valence-corrected chi connectivity index (χ1v) is 12.2. The molecule has 2 fully saturated rings. The molecule has 1 aliphatic carbocycles. The number of anilines is 2. The second-order valence-electron chi connectivity index (χ2n) is 8.12. The fourth-order valence-corrected chi connectivity index (χ4v) is 5.38. The highest BCUT2D eigenvalue weighted by Crippen LogP contribution is 2.38. The van der Waals surface area contributed by atoms with Gasteiger partial charge in [-0.2, -0.15) is 0 Å². The van der Waals surface area contributed by atoms with Crippen molar-refractivity contribution in [1.82, 2.24) is 4.90 Å². The summed E-state index contributed by atoms with van der Waals surface area (Å²) in [5.74, 6) is -1.11. The topological polar surface area (TPSA) is 113 Å². The van der Waals surface area contributed by atoms with E-state index in [1.54, 1.807) is 30.3 Å². The lowest BCUT2D eigenvalue weighted by molar-refractivity contribution is -0.140. The molecule has 32 heavy (non-hydrogen) atoms. The normalized spacial score (nSPS) is 20.7. The number of nitrogens with one attached hydrogen (secondary N) is 2. The fraction of sp³-hybridized carbons (Fsp3) is 0.348. The van der Waals surface area contributed by atoms with Crippen LogP contribution >= 0.6 is 0 Å². The number of hydrogen-bond acceptors (Lipinski definition) is 5. The molecule has 1 saturated heterocycles. The van der Waals surface area contributed by atoms with Crippen LogP contribution in [-0.4, -0.2) is 37.6 Å². The van der Waals surface area contributed by atoms with Crippen LogP contribution < -0.4 is 10.0 Å². The molecule has 3 amide bonds. The van der Waals surface area contributed by atoms with Crippen molar-refractivity contribution >= 4 is 39.1 Å². The highest BCUT2D eigenvalue weighted by Gasteiger charge is 2.47. The van der Waals surface area contributed by atoms with Crippen LogP contribution in [0.4, 0.5) is 11.4 Å². The zero-order chi connectivity index (χ0) is 22.7. The van der Waals surface area contributed by atoms with Gasteiger partial charge in [-0.15, -0.1) is 0 Å². The highest BCUT2D eigenvalue weighted by molar-refractivity contribution is 7.92. The van der Waals surface area contributed by atoms with E-state index < -0.39 is 10.0 Å². The number of hydrogen-bond donors (Lipinski definition) is 2. The van der Waals surface area contributed by atoms with Gasteiger partial charge in [0.1, 0.15) is 0 Å². The Morgan fingerprint density at radius 1 is 0.875 bits per heavy atom. The van der Waals surface area contributed by atoms with Crippen LogP contribution in [0.5, 0.6) is 0 Å². The minimum atomic E-state index is -3.75. The molecule has 2 aromatic carbocycles. The van der Waals surface area contributed by atoms with E-state index >= 15 is 0 Å². The van der Waals surface area contributed by atoms with Crippen LogP contribution in [0.3, 0.4) is 0 Å². The number of likely N-dealkylation sites (tertiary alicyclic amines) is 1. The quantitative estimate of drug-likeness (QED) is 0.623. The SMILES string of the molecule is O=C(CCN1C(=O)C2CCCCC2C1=O)Nc1ccc(S(=O)(=O)Nc2ccccc2)cc1. The molecule has 2 aromatic rings. The molecule has 9 heteroatoms. The minimum Gasteiger partial charge on any atom is -0.326 e. The largest absolute Gasteiger partial charge is 0.326 e.